The van der Waals surface area contributed by atoms with E-state index in [1.165, 1.54) is 54.3 Å². The Balaban J connectivity index is 1.42. The van der Waals surface area contributed by atoms with E-state index in [0.29, 0.717) is 33.4 Å². The highest BCUT2D eigenvalue weighted by atomic mass is 79.9. The molecule has 6 nitrogen and oxygen atoms in total. The lowest BCUT2D eigenvalue weighted by Gasteiger charge is -2.31. The van der Waals surface area contributed by atoms with Crippen LogP contribution in [0.1, 0.15) is 21.6 Å². The number of carboxylic acid groups (broad SMARTS) is 1. The number of hydrogen-bond donors (Lipinski definition) is 2. The van der Waals surface area contributed by atoms with Gasteiger partial charge in [0.1, 0.15) is 15.8 Å². The summed E-state index contributed by atoms with van der Waals surface area (Å²) in [6.45, 7) is -4.77. The fraction of sp³-hybridized carbons (Fsp3) is 0.0385. The minimum absolute atomic E-state index is 0.281. The van der Waals surface area contributed by atoms with Crippen LogP contribution in [0.2, 0.25) is 0 Å². The van der Waals surface area contributed by atoms with Gasteiger partial charge in [-0.15, -0.1) is 45.3 Å². The maximum absolute atomic E-state index is 17.0. The summed E-state index contributed by atoms with van der Waals surface area (Å²) in [5, 5.41) is 11.8. The molecule has 1 amide bonds. The van der Waals surface area contributed by atoms with Crippen LogP contribution in [-0.2, 0) is 4.79 Å². The van der Waals surface area contributed by atoms with Crippen LogP contribution >= 0.6 is 77.2 Å². The Labute approximate surface area is 261 Å². The Morgan fingerprint density at radius 2 is 1.63 bits per heavy atom. The number of halogens is 4. The van der Waals surface area contributed by atoms with Gasteiger partial charge in [0.05, 0.1) is 27.2 Å². The zero-order valence-electron chi connectivity index (χ0n) is 20.2. The Morgan fingerprint density at radius 1 is 0.951 bits per heavy atom. The molecule has 0 saturated heterocycles. The molecular weight excluding hydrogens is 739 g/mol. The van der Waals surface area contributed by atoms with Gasteiger partial charge in [-0.05, 0) is 67.8 Å². The molecule has 15 heteroatoms. The molecule has 204 valence electrons. The van der Waals surface area contributed by atoms with Crippen molar-refractivity contribution >= 4 is 137 Å². The standard InChI is InChI=1S/C26H12BBr2F2N3O3S4/c28-18-7-16-24(40-18)22-14(38-16)5-12-21(10-1-3-11(4-2-10)26(37)32-9-20(35)36)13-6-15-23(34(13)27(30,31)33(12)22)25-17(39-15)8-19(29)41-25/h1-8H,9H2,(H,32,37)(H,35,36). The van der Waals surface area contributed by atoms with Gasteiger partial charge in [0.15, 0.2) is 11.1 Å². The van der Waals surface area contributed by atoms with Crippen LogP contribution in [0.15, 0.2) is 55.7 Å². The molecule has 5 aromatic heterocycles. The van der Waals surface area contributed by atoms with Gasteiger partial charge in [0.25, 0.3) is 5.91 Å². The Hall–Kier alpha value is -2.69. The summed E-state index contributed by atoms with van der Waals surface area (Å²) in [7, 11) is 0. The molecule has 0 bridgehead atoms. The molecule has 2 aliphatic heterocycles. The number of carboxylic acids is 1. The van der Waals surface area contributed by atoms with Crippen LogP contribution in [-0.4, -0.2) is 35.0 Å². The predicted octanol–water partition coefficient (Wildman–Crippen LogP) is 6.51. The fourth-order valence-electron chi connectivity index (χ4n) is 5.63. The van der Waals surface area contributed by atoms with Crippen LogP contribution in [0.5, 0.6) is 0 Å². The lowest BCUT2D eigenvalue weighted by atomic mass is 9.86. The first-order valence-electron chi connectivity index (χ1n) is 12.1. The van der Waals surface area contributed by atoms with Crippen LogP contribution in [0.25, 0.3) is 40.7 Å². The van der Waals surface area contributed by atoms with Crippen molar-refractivity contribution in [3.8, 4) is 0 Å². The van der Waals surface area contributed by atoms with Crippen molar-refractivity contribution in [3.05, 3.63) is 82.4 Å². The minimum atomic E-state index is -4.27. The second-order valence-corrected chi connectivity index (χ2v) is 16.6. The van der Waals surface area contributed by atoms with E-state index in [0.717, 1.165) is 35.6 Å². The number of thiophene rings is 4. The average Bonchev–Trinajstić information content (AvgIpc) is 3.72. The lowest BCUT2D eigenvalue weighted by Crippen LogP contribution is -2.56. The van der Waals surface area contributed by atoms with Crippen molar-refractivity contribution in [3.63, 3.8) is 0 Å². The van der Waals surface area contributed by atoms with Crippen molar-refractivity contribution in [2.75, 3.05) is 6.54 Å². The average molecular weight is 751 g/mol. The molecule has 0 unspecified atom stereocenters. The van der Waals surface area contributed by atoms with E-state index >= 15 is 8.63 Å². The van der Waals surface area contributed by atoms with Crippen molar-refractivity contribution in [2.24, 2.45) is 0 Å². The van der Waals surface area contributed by atoms with E-state index < -0.39 is 25.4 Å². The topological polar surface area (TPSA) is 74.3 Å². The predicted molar refractivity (Wildman–Crippen MR) is 171 cm³/mol. The summed E-state index contributed by atoms with van der Waals surface area (Å²) < 4.78 is 43.4. The molecule has 0 atom stereocenters. The van der Waals surface area contributed by atoms with Gasteiger partial charge < -0.3 is 28.0 Å². The summed E-state index contributed by atoms with van der Waals surface area (Å²) in [6.07, 6.45) is 1.85. The molecule has 41 heavy (non-hydrogen) atoms. The molecular formula is C26H12BBr2F2N3O3S4. The Bertz CT molecular complexity index is 2330. The number of allylic oxidation sites excluding steroid dienone is 1. The molecule has 2 aliphatic rings. The fourth-order valence-corrected chi connectivity index (χ4v) is 12.0. The molecule has 8 rings (SSSR count). The quantitative estimate of drug-likeness (QED) is 0.202. The largest absolute Gasteiger partial charge is 0.738 e. The number of carbonyl (C=O) groups excluding carboxylic acids is 1. The second-order valence-electron chi connectivity index (χ2n) is 9.53. The first-order valence-corrected chi connectivity index (χ1v) is 16.9. The summed E-state index contributed by atoms with van der Waals surface area (Å²) in [4.78, 5) is 23.3. The first-order chi connectivity index (χ1) is 19.6. The summed E-state index contributed by atoms with van der Waals surface area (Å²) in [5.74, 6) is -1.66. The highest BCUT2D eigenvalue weighted by molar-refractivity contribution is 9.11. The van der Waals surface area contributed by atoms with E-state index in [4.69, 9.17) is 5.11 Å². The number of benzene rings is 1. The maximum Gasteiger partial charge on any atom is 0.738 e. The van der Waals surface area contributed by atoms with Crippen LogP contribution in [0, 0.1) is 0 Å². The van der Waals surface area contributed by atoms with Crippen molar-refractivity contribution in [1.82, 2.24) is 14.3 Å². The zero-order valence-corrected chi connectivity index (χ0v) is 26.6. The highest BCUT2D eigenvalue weighted by Gasteiger charge is 2.54. The van der Waals surface area contributed by atoms with E-state index in [2.05, 4.69) is 37.2 Å². The number of hydrogen-bond acceptors (Lipinski definition) is 6. The number of carbonyl (C=O) groups is 2. The zero-order chi connectivity index (χ0) is 28.4. The summed E-state index contributed by atoms with van der Waals surface area (Å²) in [6, 6.07) is 12.4. The number of amides is 1. The number of fused-ring (bicyclic) bond motifs is 9. The van der Waals surface area contributed by atoms with E-state index in [1.807, 2.05) is 24.3 Å². The van der Waals surface area contributed by atoms with E-state index in [1.54, 1.807) is 24.3 Å². The maximum atomic E-state index is 17.0. The lowest BCUT2D eigenvalue weighted by molar-refractivity contribution is -0.135. The van der Waals surface area contributed by atoms with Gasteiger partial charge in [0.2, 0.25) is 0 Å². The van der Waals surface area contributed by atoms with Crippen molar-refractivity contribution in [1.29, 1.82) is 0 Å². The van der Waals surface area contributed by atoms with Crippen LogP contribution in [0.4, 0.5) is 8.63 Å². The first kappa shape index (κ1) is 26.0. The summed E-state index contributed by atoms with van der Waals surface area (Å²) >= 11 is 12.9. The number of aliphatic carboxylic acids is 1. The van der Waals surface area contributed by atoms with E-state index in [-0.39, 0.29) is 5.56 Å². The summed E-state index contributed by atoms with van der Waals surface area (Å²) in [5.41, 5.74) is 2.97. The molecule has 0 fully saturated rings. The van der Waals surface area contributed by atoms with Crippen molar-refractivity contribution in [2.45, 2.75) is 0 Å². The van der Waals surface area contributed by atoms with Gasteiger partial charge in [-0.2, -0.15) is 0 Å². The third kappa shape index (κ3) is 3.69. The molecule has 0 spiro atoms. The third-order valence-electron chi connectivity index (χ3n) is 7.18. The van der Waals surface area contributed by atoms with E-state index in [9.17, 15) is 9.59 Å². The normalized spacial score (nSPS) is 15.5. The van der Waals surface area contributed by atoms with Gasteiger partial charge in [-0.25, -0.2) is 0 Å². The minimum Gasteiger partial charge on any atom is -0.480 e. The Morgan fingerprint density at radius 3 is 2.34 bits per heavy atom. The molecule has 0 aliphatic carbocycles. The molecule has 6 aromatic rings. The molecule has 7 heterocycles. The molecule has 0 radical (unpaired) electrons. The monoisotopic (exact) mass is 749 g/mol. The highest BCUT2D eigenvalue weighted by Crippen LogP contribution is 2.48. The third-order valence-corrected chi connectivity index (χ3v) is 12.9. The van der Waals surface area contributed by atoms with Gasteiger partial charge in [-0.1, -0.05) is 12.1 Å². The smallest absolute Gasteiger partial charge is 0.480 e. The molecule has 2 N–H and O–H groups in total. The second kappa shape index (κ2) is 8.91. The molecule has 0 saturated carbocycles. The number of aromatic nitrogens is 1. The van der Waals surface area contributed by atoms with Gasteiger partial charge >= 0.3 is 12.9 Å². The molecule has 1 aromatic carbocycles. The van der Waals surface area contributed by atoms with Gasteiger partial charge in [-0.3, -0.25) is 9.59 Å². The number of nitrogens with zero attached hydrogens (tertiary/aromatic N) is 2. The van der Waals surface area contributed by atoms with Gasteiger partial charge in [0, 0.05) is 27.6 Å². The van der Waals surface area contributed by atoms with Crippen LogP contribution < -0.4 is 19.7 Å². The number of rotatable bonds is 4. The number of nitrogens with one attached hydrogen (secondary N) is 1. The Kier molecular flexibility index (Phi) is 5.65. The van der Waals surface area contributed by atoms with Crippen molar-refractivity contribution < 1.29 is 23.3 Å². The SMILES string of the molecule is O=C(O)CNC(=O)c1ccc(C2=C3C=c4sc5cc(Br)sc5c4=[N+]3[B-](F)(F)n3c2cc2sc4cc(Br)sc4c23)cc1. The van der Waals surface area contributed by atoms with Crippen LogP contribution in [0.3, 0.4) is 0 Å².